The summed E-state index contributed by atoms with van der Waals surface area (Å²) in [5.41, 5.74) is 1.44. The van der Waals surface area contributed by atoms with E-state index in [0.717, 1.165) is 6.07 Å². The van der Waals surface area contributed by atoms with Crippen LogP contribution in [0.15, 0.2) is 60.9 Å². The van der Waals surface area contributed by atoms with E-state index < -0.39 is 23.2 Å². The number of nitrogens with zero attached hydrogens (tertiary/aromatic N) is 4. The molecule has 0 radical (unpaired) electrons. The number of nitrogens with one attached hydrogen (secondary N) is 2. The molecule has 3 N–H and O–H groups in total. The van der Waals surface area contributed by atoms with E-state index in [2.05, 4.69) is 25.5 Å². The van der Waals surface area contributed by atoms with Crippen LogP contribution in [0.4, 0.5) is 17.6 Å². The van der Waals surface area contributed by atoms with Gasteiger partial charge in [0.15, 0.2) is 5.82 Å². The molecule has 1 fully saturated rings. The first-order valence-corrected chi connectivity index (χ1v) is 12.4. The number of halogens is 4. The molecule has 11 heteroatoms. The van der Waals surface area contributed by atoms with E-state index in [4.69, 9.17) is 0 Å². The predicted molar refractivity (Wildman–Crippen MR) is 138 cm³/mol. The van der Waals surface area contributed by atoms with Gasteiger partial charge in [0.25, 0.3) is 0 Å². The number of hydrogen-bond acceptors (Lipinski definition) is 5. The van der Waals surface area contributed by atoms with Gasteiger partial charge in [-0.15, -0.1) is 10.2 Å². The summed E-state index contributed by atoms with van der Waals surface area (Å²) in [4.78, 5) is 7.38. The van der Waals surface area contributed by atoms with Crippen LogP contribution in [-0.2, 0) is 19.8 Å². The van der Waals surface area contributed by atoms with Gasteiger partial charge in [0.1, 0.15) is 23.5 Å². The number of imidazole rings is 1. The maximum absolute atomic E-state index is 14.2. The van der Waals surface area contributed by atoms with Crippen molar-refractivity contribution in [2.45, 2.75) is 31.2 Å². The third kappa shape index (κ3) is 5.02. The van der Waals surface area contributed by atoms with E-state index in [0.29, 0.717) is 53.0 Å². The Labute approximate surface area is 220 Å². The number of aromatic amines is 1. The van der Waals surface area contributed by atoms with E-state index >= 15 is 0 Å². The zero-order valence-corrected chi connectivity index (χ0v) is 20.8. The lowest BCUT2D eigenvalue weighted by Crippen LogP contribution is -2.27. The van der Waals surface area contributed by atoms with E-state index in [9.17, 15) is 22.7 Å². The molecular formula is C28H24F4N6O. The quantitative estimate of drug-likeness (QED) is 0.240. The lowest BCUT2D eigenvalue weighted by molar-refractivity contribution is -0.136. The summed E-state index contributed by atoms with van der Waals surface area (Å²) in [6.07, 6.45) is -1.71. The summed E-state index contributed by atoms with van der Waals surface area (Å²) < 4.78 is 57.9. The highest BCUT2D eigenvalue weighted by molar-refractivity contribution is 5.86. The van der Waals surface area contributed by atoms with Crippen molar-refractivity contribution in [2.24, 2.45) is 7.05 Å². The topological polar surface area (TPSA) is 91.7 Å². The van der Waals surface area contributed by atoms with Crippen molar-refractivity contribution in [3.05, 3.63) is 77.9 Å². The lowest BCUT2D eigenvalue weighted by Gasteiger charge is -2.12. The number of aromatic nitrogens is 5. The Balaban J connectivity index is 1.39. The number of fused-ring (bicyclic) bond motifs is 1. The molecule has 0 atom stereocenters. The van der Waals surface area contributed by atoms with Crippen LogP contribution >= 0.6 is 0 Å². The van der Waals surface area contributed by atoms with Gasteiger partial charge < -0.3 is 20.0 Å². The number of aliphatic hydroxyl groups is 1. The number of hydrogen-bond donors (Lipinski definition) is 3. The first kappa shape index (κ1) is 25.2. The van der Waals surface area contributed by atoms with Crippen LogP contribution in [0.3, 0.4) is 0 Å². The van der Waals surface area contributed by atoms with Gasteiger partial charge in [0, 0.05) is 31.3 Å². The zero-order chi connectivity index (χ0) is 27.4. The summed E-state index contributed by atoms with van der Waals surface area (Å²) in [7, 11) is 1.75. The molecule has 0 bridgehead atoms. The molecule has 0 unspecified atom stereocenters. The van der Waals surface area contributed by atoms with Gasteiger partial charge in [-0.2, -0.15) is 13.2 Å². The third-order valence-electron chi connectivity index (χ3n) is 6.94. The Morgan fingerprint density at radius 3 is 2.56 bits per heavy atom. The van der Waals surface area contributed by atoms with Crippen molar-refractivity contribution in [1.29, 1.82) is 0 Å². The average Bonchev–Trinajstić information content (AvgIpc) is 3.26. The molecule has 5 aromatic rings. The fraction of sp³-hybridized carbons (Fsp3) is 0.250. The first-order valence-electron chi connectivity index (χ1n) is 12.4. The number of rotatable bonds is 7. The first-order chi connectivity index (χ1) is 18.6. The molecule has 0 amide bonds. The van der Waals surface area contributed by atoms with Crippen molar-refractivity contribution >= 4 is 11.0 Å². The van der Waals surface area contributed by atoms with Crippen LogP contribution in [0.1, 0.15) is 24.0 Å². The van der Waals surface area contributed by atoms with Crippen molar-refractivity contribution in [3.8, 4) is 33.9 Å². The Morgan fingerprint density at radius 1 is 1.05 bits per heavy atom. The molecule has 7 nitrogen and oxygen atoms in total. The minimum Gasteiger partial charge on any atom is -0.389 e. The Morgan fingerprint density at radius 2 is 1.85 bits per heavy atom. The van der Waals surface area contributed by atoms with Crippen molar-refractivity contribution in [1.82, 2.24) is 30.0 Å². The molecule has 2 aromatic heterocycles. The second-order valence-electron chi connectivity index (χ2n) is 9.99. The van der Waals surface area contributed by atoms with E-state index in [1.807, 2.05) is 6.07 Å². The zero-order valence-electron chi connectivity index (χ0n) is 20.8. The van der Waals surface area contributed by atoms with E-state index in [1.165, 1.54) is 18.5 Å². The molecule has 2 heterocycles. The molecule has 6 rings (SSSR count). The smallest absolute Gasteiger partial charge is 0.389 e. The van der Waals surface area contributed by atoms with Gasteiger partial charge in [-0.05, 0) is 59.9 Å². The number of H-pyrrole nitrogens is 1. The second kappa shape index (κ2) is 9.28. The van der Waals surface area contributed by atoms with Gasteiger partial charge in [-0.3, -0.25) is 0 Å². The van der Waals surface area contributed by atoms with Gasteiger partial charge >= 0.3 is 6.18 Å². The highest BCUT2D eigenvalue weighted by Crippen LogP contribution is 2.38. The van der Waals surface area contributed by atoms with Gasteiger partial charge in [-0.25, -0.2) is 9.37 Å². The van der Waals surface area contributed by atoms with Crippen LogP contribution in [0, 0.1) is 5.82 Å². The number of benzene rings is 3. The van der Waals surface area contributed by atoms with Crippen LogP contribution in [0.5, 0.6) is 0 Å². The van der Waals surface area contributed by atoms with Crippen LogP contribution < -0.4 is 5.32 Å². The maximum Gasteiger partial charge on any atom is 0.418 e. The number of alkyl halides is 3. The van der Waals surface area contributed by atoms with Crippen LogP contribution in [0.2, 0.25) is 0 Å². The summed E-state index contributed by atoms with van der Waals surface area (Å²) >= 11 is 0. The molecule has 3 aromatic carbocycles. The van der Waals surface area contributed by atoms with Crippen molar-refractivity contribution < 1.29 is 22.7 Å². The van der Waals surface area contributed by atoms with Gasteiger partial charge in [-0.1, -0.05) is 24.3 Å². The van der Waals surface area contributed by atoms with Gasteiger partial charge in [0.05, 0.1) is 16.7 Å². The molecule has 1 aliphatic rings. The van der Waals surface area contributed by atoms with Crippen LogP contribution in [0.25, 0.3) is 44.9 Å². The Hall–Kier alpha value is -4.09. The molecule has 1 aliphatic carbocycles. The second-order valence-corrected chi connectivity index (χ2v) is 9.99. The SMILES string of the molecule is Cn1cnnc1-c1cc(F)ccc1-c1cccc(-c2nc3c(C(F)(F)F)cc(CNCC4(O)CC4)cc3[nH]2)c1. The normalized spacial score (nSPS) is 14.7. The summed E-state index contributed by atoms with van der Waals surface area (Å²) in [6, 6.07) is 14.2. The molecule has 0 aliphatic heterocycles. The standard InChI is InChI=1S/C28H24F4N6O/c1-38-15-34-37-26(38)21-12-19(29)5-6-20(21)17-3-2-4-18(11-17)25-35-23-10-16(13-33-14-27(39)7-8-27)9-22(24(23)36-25)28(30,31)32/h2-6,9-12,15,33,39H,7-8,13-14H2,1H3,(H,35,36). The molecule has 0 saturated heterocycles. The average molecular weight is 537 g/mol. The minimum atomic E-state index is -4.60. The van der Waals surface area contributed by atoms with Crippen molar-refractivity contribution in [3.63, 3.8) is 0 Å². The lowest BCUT2D eigenvalue weighted by atomic mass is 9.97. The van der Waals surface area contributed by atoms with Crippen LogP contribution in [-0.4, -0.2) is 42.0 Å². The van der Waals surface area contributed by atoms with E-state index in [1.54, 1.807) is 41.9 Å². The highest BCUT2D eigenvalue weighted by Gasteiger charge is 2.39. The Bertz CT molecular complexity index is 1690. The molecular weight excluding hydrogens is 512 g/mol. The fourth-order valence-corrected chi connectivity index (χ4v) is 4.71. The van der Waals surface area contributed by atoms with Gasteiger partial charge in [0.2, 0.25) is 0 Å². The molecule has 0 spiro atoms. The van der Waals surface area contributed by atoms with Crippen molar-refractivity contribution in [2.75, 3.05) is 6.54 Å². The summed E-state index contributed by atoms with van der Waals surface area (Å²) in [5.74, 6) is 0.321. The minimum absolute atomic E-state index is 0.172. The maximum atomic E-state index is 14.2. The fourth-order valence-electron chi connectivity index (χ4n) is 4.71. The molecule has 1 saturated carbocycles. The third-order valence-corrected chi connectivity index (χ3v) is 6.94. The van der Waals surface area contributed by atoms with E-state index in [-0.39, 0.29) is 23.4 Å². The monoisotopic (exact) mass is 536 g/mol. The highest BCUT2D eigenvalue weighted by atomic mass is 19.4. The number of aryl methyl sites for hydroxylation is 1. The Kier molecular flexibility index (Phi) is 6.00. The molecule has 200 valence electrons. The largest absolute Gasteiger partial charge is 0.418 e. The predicted octanol–water partition coefficient (Wildman–Crippen LogP) is 5.46. The summed E-state index contributed by atoms with van der Waals surface area (Å²) in [6.45, 7) is 0.508. The molecule has 39 heavy (non-hydrogen) atoms. The summed E-state index contributed by atoms with van der Waals surface area (Å²) in [5, 5.41) is 21.0.